The maximum Gasteiger partial charge on any atom is 0.199 e. The summed E-state index contributed by atoms with van der Waals surface area (Å²) < 4.78 is 0. The van der Waals surface area contributed by atoms with Crippen LogP contribution < -0.4 is 10.2 Å². The second-order valence-electron chi connectivity index (χ2n) is 6.16. The molecule has 1 aliphatic carbocycles. The van der Waals surface area contributed by atoms with Crippen LogP contribution >= 0.6 is 46.4 Å². The molecule has 4 rings (SSSR count). The maximum atomic E-state index is 8.47. The van der Waals surface area contributed by atoms with Crippen molar-refractivity contribution < 1.29 is 0 Å². The van der Waals surface area contributed by atoms with Crippen LogP contribution in [0.25, 0.3) is 22.9 Å². The number of benzene rings is 3. The monoisotopic (exact) mass is 435 g/mol. The molecular formula is C20H13Cl4N3. The van der Waals surface area contributed by atoms with Crippen molar-refractivity contribution >= 4 is 86.7 Å². The Hall–Kier alpha value is -1.91. The first-order valence-corrected chi connectivity index (χ1v) is 9.55. The minimum Gasteiger partial charge on any atom is -0.325 e. The molecule has 3 aromatic rings. The Bertz CT molecular complexity index is 1140. The molecule has 7 heteroatoms. The molecule has 0 spiro atoms. The summed E-state index contributed by atoms with van der Waals surface area (Å²) in [6.45, 7) is 0. The van der Waals surface area contributed by atoms with Gasteiger partial charge in [-0.05, 0) is 28.5 Å². The molecule has 0 amide bonds. The molecule has 0 unspecified atom stereocenters. The van der Waals surface area contributed by atoms with E-state index in [4.69, 9.17) is 51.8 Å². The summed E-state index contributed by atoms with van der Waals surface area (Å²) in [6.07, 6.45) is 4.15. The van der Waals surface area contributed by atoms with Crippen LogP contribution in [-0.2, 0) is 0 Å². The van der Waals surface area contributed by atoms with Crippen LogP contribution in [0, 0.1) is 5.41 Å². The van der Waals surface area contributed by atoms with Gasteiger partial charge >= 0.3 is 0 Å². The second-order valence-corrected chi connectivity index (χ2v) is 7.70. The van der Waals surface area contributed by atoms with E-state index >= 15 is 0 Å². The van der Waals surface area contributed by atoms with Crippen molar-refractivity contribution in [3.63, 3.8) is 0 Å². The number of hydrogen-bond acceptors (Lipinski definition) is 1. The van der Waals surface area contributed by atoms with Crippen LogP contribution in [-0.4, -0.2) is 13.0 Å². The van der Waals surface area contributed by atoms with Crippen LogP contribution in [0.15, 0.2) is 36.4 Å². The lowest BCUT2D eigenvalue weighted by Gasteiger charge is -2.24. The van der Waals surface area contributed by atoms with E-state index in [-0.39, 0.29) is 26.1 Å². The molecule has 27 heavy (non-hydrogen) atoms. The maximum absolute atomic E-state index is 8.47. The first kappa shape index (κ1) is 18.5. The van der Waals surface area contributed by atoms with Crippen LogP contribution in [0.4, 0.5) is 11.4 Å². The van der Waals surface area contributed by atoms with E-state index in [9.17, 15) is 0 Å². The molecular weight excluding hydrogens is 424 g/mol. The van der Waals surface area contributed by atoms with Gasteiger partial charge in [0.15, 0.2) is 5.96 Å². The van der Waals surface area contributed by atoms with Crippen molar-refractivity contribution in [3.8, 4) is 0 Å². The van der Waals surface area contributed by atoms with Crippen LogP contribution in [0.2, 0.25) is 20.1 Å². The molecule has 0 saturated carbocycles. The number of guanidine groups is 1. The van der Waals surface area contributed by atoms with Crippen molar-refractivity contribution in [1.82, 2.24) is 0 Å². The van der Waals surface area contributed by atoms with Crippen molar-refractivity contribution in [1.29, 1.82) is 5.41 Å². The number of rotatable bonds is 2. The Labute approximate surface area is 176 Å². The quantitative estimate of drug-likeness (QED) is 0.148. The Morgan fingerprint density at radius 1 is 0.963 bits per heavy atom. The van der Waals surface area contributed by atoms with E-state index in [0.717, 1.165) is 11.3 Å². The zero-order valence-corrected chi connectivity index (χ0v) is 17.1. The van der Waals surface area contributed by atoms with Crippen molar-refractivity contribution in [3.05, 3.63) is 67.6 Å². The first-order chi connectivity index (χ1) is 12.9. The van der Waals surface area contributed by atoms with E-state index in [0.29, 0.717) is 5.69 Å². The molecule has 0 saturated heterocycles. The lowest BCUT2D eigenvalue weighted by molar-refractivity contribution is 1.21. The lowest BCUT2D eigenvalue weighted by atomic mass is 10.0. The van der Waals surface area contributed by atoms with Crippen LogP contribution in [0.3, 0.4) is 0 Å². The minimum absolute atomic E-state index is 0.125. The van der Waals surface area contributed by atoms with Crippen molar-refractivity contribution in [2.24, 2.45) is 0 Å². The van der Waals surface area contributed by atoms with E-state index in [1.165, 1.54) is 16.3 Å². The van der Waals surface area contributed by atoms with Gasteiger partial charge in [-0.2, -0.15) is 0 Å². The Morgan fingerprint density at radius 3 is 2.52 bits per heavy atom. The Balaban J connectivity index is 1.69. The third kappa shape index (κ3) is 3.05. The van der Waals surface area contributed by atoms with E-state index in [1.54, 1.807) is 11.0 Å². The smallest absolute Gasteiger partial charge is 0.199 e. The average Bonchev–Trinajstić information content (AvgIpc) is 3.10. The van der Waals surface area contributed by atoms with E-state index < -0.39 is 0 Å². The summed E-state index contributed by atoms with van der Waals surface area (Å²) in [6, 6.07) is 11.8. The van der Waals surface area contributed by atoms with E-state index in [2.05, 4.69) is 35.7 Å². The highest BCUT2D eigenvalue weighted by Crippen LogP contribution is 2.41. The molecule has 0 aromatic heterocycles. The highest BCUT2D eigenvalue weighted by atomic mass is 35.5. The number of hydrogen-bond donors (Lipinski definition) is 2. The van der Waals surface area contributed by atoms with Gasteiger partial charge in [0, 0.05) is 12.6 Å². The molecule has 1 aliphatic rings. The standard InChI is InChI=1S/C20H13Cl4N3/c1-27(20(25)26-14-9-13(21)17(22)19(24)18(14)23)15-8-6-11-4-2-3-10-5-7-12(15)16(10)11/h2-9H,1H3,(H2,25,26). The third-order valence-corrected chi connectivity index (χ3v) is 6.33. The SMILES string of the molecule is CN(C(=N)Nc1cc(Cl)c(Cl)c(Cl)c1Cl)c1ccc2cccc3c2c1C=C3. The fraction of sp³-hybridized carbons (Fsp3) is 0.0500. The highest BCUT2D eigenvalue weighted by Gasteiger charge is 2.19. The van der Waals surface area contributed by atoms with Gasteiger partial charge in [-0.3, -0.25) is 5.41 Å². The van der Waals surface area contributed by atoms with Gasteiger partial charge in [0.05, 0.1) is 31.5 Å². The summed E-state index contributed by atoms with van der Waals surface area (Å²) in [5, 5.41) is 14.6. The number of anilines is 2. The fourth-order valence-corrected chi connectivity index (χ4v) is 4.04. The average molecular weight is 437 g/mol. The lowest BCUT2D eigenvalue weighted by Crippen LogP contribution is -2.32. The summed E-state index contributed by atoms with van der Waals surface area (Å²) in [7, 11) is 1.81. The topological polar surface area (TPSA) is 39.1 Å². The molecule has 0 bridgehead atoms. The number of nitrogens with zero attached hydrogens (tertiary/aromatic N) is 1. The normalized spacial score (nSPS) is 11.9. The minimum atomic E-state index is 0.125. The summed E-state index contributed by atoms with van der Waals surface area (Å²) in [4.78, 5) is 1.74. The fourth-order valence-electron chi connectivity index (χ4n) is 3.19. The van der Waals surface area contributed by atoms with Crippen molar-refractivity contribution in [2.45, 2.75) is 0 Å². The van der Waals surface area contributed by atoms with Gasteiger partial charge in [0.25, 0.3) is 0 Å². The van der Waals surface area contributed by atoms with Gasteiger partial charge in [-0.15, -0.1) is 0 Å². The van der Waals surface area contributed by atoms with Gasteiger partial charge < -0.3 is 10.2 Å². The molecule has 136 valence electrons. The first-order valence-electron chi connectivity index (χ1n) is 8.04. The molecule has 3 aromatic carbocycles. The second kappa shape index (κ2) is 6.92. The summed E-state index contributed by atoms with van der Waals surface area (Å²) in [5.41, 5.74) is 3.58. The number of halogens is 4. The van der Waals surface area contributed by atoms with Gasteiger partial charge in [0.2, 0.25) is 0 Å². The van der Waals surface area contributed by atoms with Crippen molar-refractivity contribution in [2.75, 3.05) is 17.3 Å². The van der Waals surface area contributed by atoms with Gasteiger partial charge in [0.1, 0.15) is 0 Å². The third-order valence-electron chi connectivity index (χ3n) is 4.58. The summed E-state index contributed by atoms with van der Waals surface area (Å²) in [5.74, 6) is 0.125. The molecule has 0 atom stereocenters. The highest BCUT2D eigenvalue weighted by molar-refractivity contribution is 6.52. The number of nitrogens with one attached hydrogen (secondary N) is 2. The van der Waals surface area contributed by atoms with Crippen LogP contribution in [0.5, 0.6) is 0 Å². The predicted molar refractivity (Wildman–Crippen MR) is 119 cm³/mol. The van der Waals surface area contributed by atoms with Crippen LogP contribution in [0.1, 0.15) is 11.1 Å². The van der Waals surface area contributed by atoms with E-state index in [1.807, 2.05) is 19.2 Å². The molecule has 2 N–H and O–H groups in total. The Kier molecular flexibility index (Phi) is 4.73. The largest absolute Gasteiger partial charge is 0.325 e. The van der Waals surface area contributed by atoms with Gasteiger partial charge in [-0.1, -0.05) is 82.8 Å². The molecule has 0 fully saturated rings. The zero-order valence-electron chi connectivity index (χ0n) is 14.1. The predicted octanol–water partition coefficient (Wildman–Crippen LogP) is 7.42. The molecule has 0 aliphatic heterocycles. The molecule has 0 radical (unpaired) electrons. The molecule has 3 nitrogen and oxygen atoms in total. The molecule has 0 heterocycles. The summed E-state index contributed by atoms with van der Waals surface area (Å²) >= 11 is 24.4. The zero-order chi connectivity index (χ0) is 19.3. The Morgan fingerprint density at radius 2 is 1.74 bits per heavy atom. The van der Waals surface area contributed by atoms with Gasteiger partial charge in [-0.25, -0.2) is 0 Å².